The van der Waals surface area contributed by atoms with Crippen molar-refractivity contribution in [2.24, 2.45) is 0 Å². The van der Waals surface area contributed by atoms with Crippen molar-refractivity contribution < 1.29 is 4.74 Å². The molecule has 2 aromatic rings. The molecule has 0 unspecified atom stereocenters. The molecule has 0 radical (unpaired) electrons. The number of ether oxygens (including phenoxy) is 1. The maximum absolute atomic E-state index is 6.21. The molecule has 0 saturated carbocycles. The van der Waals surface area contributed by atoms with Crippen LogP contribution in [0.25, 0.3) is 11.1 Å². The van der Waals surface area contributed by atoms with Crippen molar-refractivity contribution >= 4 is 34.8 Å². The predicted octanol–water partition coefficient (Wildman–Crippen LogP) is 4.68. The number of halogens is 3. The second-order valence-electron chi connectivity index (χ2n) is 4.05. The zero-order chi connectivity index (χ0) is 14.5. The smallest absolute Gasteiger partial charge is 0.142 e. The number of aromatic nitrogens is 2. The minimum absolute atomic E-state index is 0.318. The lowest BCUT2D eigenvalue weighted by Gasteiger charge is -2.09. The first-order chi connectivity index (χ1) is 9.61. The van der Waals surface area contributed by atoms with Crippen molar-refractivity contribution in [1.82, 2.24) is 9.97 Å². The van der Waals surface area contributed by atoms with Gasteiger partial charge in [-0.15, -0.1) is 0 Å². The van der Waals surface area contributed by atoms with Crippen LogP contribution in [-0.2, 0) is 11.2 Å². The van der Waals surface area contributed by atoms with E-state index in [1.165, 1.54) is 0 Å². The van der Waals surface area contributed by atoms with Crippen LogP contribution >= 0.6 is 34.8 Å². The fraction of sp³-hybridized carbons (Fsp3) is 0.286. The Kier molecular flexibility index (Phi) is 5.61. The molecule has 1 aromatic heterocycles. The molecule has 0 atom stereocenters. The Morgan fingerprint density at radius 1 is 1.10 bits per heavy atom. The molecule has 0 bridgehead atoms. The molecule has 0 spiro atoms. The maximum atomic E-state index is 6.21. The van der Waals surface area contributed by atoms with E-state index in [-0.39, 0.29) is 0 Å². The molecule has 106 valence electrons. The highest BCUT2D eigenvalue weighted by atomic mass is 35.5. The van der Waals surface area contributed by atoms with Crippen molar-refractivity contribution in [3.63, 3.8) is 0 Å². The number of rotatable bonds is 5. The van der Waals surface area contributed by atoms with Gasteiger partial charge in [0.25, 0.3) is 0 Å². The third kappa shape index (κ3) is 3.83. The Balaban J connectivity index is 2.31. The summed E-state index contributed by atoms with van der Waals surface area (Å²) in [6.45, 7) is 3.13. The van der Waals surface area contributed by atoms with Gasteiger partial charge in [-0.1, -0.05) is 46.9 Å². The van der Waals surface area contributed by atoms with Crippen molar-refractivity contribution in [2.45, 2.75) is 13.3 Å². The van der Waals surface area contributed by atoms with Crippen LogP contribution < -0.4 is 0 Å². The summed E-state index contributed by atoms with van der Waals surface area (Å²) < 4.78 is 5.26. The molecule has 0 aliphatic heterocycles. The van der Waals surface area contributed by atoms with Gasteiger partial charge in [0.15, 0.2) is 0 Å². The molecular formula is C14H13Cl3N2O. The topological polar surface area (TPSA) is 35.0 Å². The van der Waals surface area contributed by atoms with Gasteiger partial charge in [-0.05, 0) is 24.6 Å². The summed E-state index contributed by atoms with van der Waals surface area (Å²) in [4.78, 5) is 8.52. The van der Waals surface area contributed by atoms with Crippen molar-refractivity contribution in [3.05, 3.63) is 45.4 Å². The van der Waals surface area contributed by atoms with E-state index in [0.29, 0.717) is 46.4 Å². The zero-order valence-electron chi connectivity index (χ0n) is 10.9. The zero-order valence-corrected chi connectivity index (χ0v) is 13.1. The largest absolute Gasteiger partial charge is 0.381 e. The van der Waals surface area contributed by atoms with E-state index < -0.39 is 0 Å². The number of nitrogens with zero attached hydrogens (tertiary/aromatic N) is 2. The lowest BCUT2D eigenvalue weighted by molar-refractivity contribution is 0.149. The lowest BCUT2D eigenvalue weighted by Crippen LogP contribution is -2.04. The van der Waals surface area contributed by atoms with Crippen LogP contribution in [0, 0.1) is 0 Å². The molecule has 0 fully saturated rings. The number of hydrogen-bond donors (Lipinski definition) is 0. The molecule has 6 heteroatoms. The van der Waals surface area contributed by atoms with E-state index >= 15 is 0 Å². The summed E-state index contributed by atoms with van der Waals surface area (Å²) in [6, 6.07) is 7.25. The van der Waals surface area contributed by atoms with Gasteiger partial charge in [0.05, 0.1) is 12.2 Å². The van der Waals surface area contributed by atoms with Gasteiger partial charge in [-0.3, -0.25) is 0 Å². The SMILES string of the molecule is CCOCCc1nc(Cl)c(-c2cccc(Cl)c2)c(Cl)n1. The summed E-state index contributed by atoms with van der Waals surface area (Å²) in [5.74, 6) is 0.569. The lowest BCUT2D eigenvalue weighted by atomic mass is 10.1. The molecule has 0 saturated heterocycles. The van der Waals surface area contributed by atoms with Crippen molar-refractivity contribution in [2.75, 3.05) is 13.2 Å². The number of benzene rings is 1. The first kappa shape index (κ1) is 15.5. The maximum Gasteiger partial charge on any atom is 0.142 e. The molecule has 0 amide bonds. The highest BCUT2D eigenvalue weighted by Gasteiger charge is 2.14. The van der Waals surface area contributed by atoms with Gasteiger partial charge >= 0.3 is 0 Å². The van der Waals surface area contributed by atoms with Gasteiger partial charge in [-0.25, -0.2) is 9.97 Å². The summed E-state index contributed by atoms with van der Waals surface area (Å²) in [6.07, 6.45) is 0.573. The summed E-state index contributed by atoms with van der Waals surface area (Å²) >= 11 is 18.4. The van der Waals surface area contributed by atoms with Crippen molar-refractivity contribution in [1.29, 1.82) is 0 Å². The first-order valence-corrected chi connectivity index (χ1v) is 7.30. The Morgan fingerprint density at radius 2 is 1.80 bits per heavy atom. The average molecular weight is 332 g/mol. The normalized spacial score (nSPS) is 10.8. The monoisotopic (exact) mass is 330 g/mol. The molecule has 0 N–H and O–H groups in total. The van der Waals surface area contributed by atoms with Crippen LogP contribution in [-0.4, -0.2) is 23.2 Å². The van der Waals surface area contributed by atoms with Crippen LogP contribution in [0.3, 0.4) is 0 Å². The molecule has 3 nitrogen and oxygen atoms in total. The van der Waals surface area contributed by atoms with Crippen LogP contribution in [0.2, 0.25) is 15.3 Å². The van der Waals surface area contributed by atoms with Gasteiger partial charge in [-0.2, -0.15) is 0 Å². The van der Waals surface area contributed by atoms with Crippen LogP contribution in [0.4, 0.5) is 0 Å². The Labute approximate surface area is 132 Å². The van der Waals surface area contributed by atoms with Gasteiger partial charge in [0.2, 0.25) is 0 Å². The summed E-state index contributed by atoms with van der Waals surface area (Å²) in [7, 11) is 0. The van der Waals surface area contributed by atoms with Crippen LogP contribution in [0.5, 0.6) is 0 Å². The molecule has 1 aromatic carbocycles. The van der Waals surface area contributed by atoms with E-state index in [9.17, 15) is 0 Å². The fourth-order valence-corrected chi connectivity index (χ4v) is 2.58. The third-order valence-corrected chi connectivity index (χ3v) is 3.44. The Bertz CT molecular complexity index is 582. The Morgan fingerprint density at radius 3 is 2.40 bits per heavy atom. The van der Waals surface area contributed by atoms with Gasteiger partial charge in [0, 0.05) is 18.1 Å². The second-order valence-corrected chi connectivity index (χ2v) is 5.21. The van der Waals surface area contributed by atoms with Gasteiger partial charge in [0.1, 0.15) is 16.1 Å². The molecular weight excluding hydrogens is 319 g/mol. The van der Waals surface area contributed by atoms with E-state index in [4.69, 9.17) is 39.5 Å². The molecule has 0 aliphatic carbocycles. The van der Waals surface area contributed by atoms with Crippen LogP contribution in [0.15, 0.2) is 24.3 Å². The number of hydrogen-bond acceptors (Lipinski definition) is 3. The second kappa shape index (κ2) is 7.23. The highest BCUT2D eigenvalue weighted by molar-refractivity contribution is 6.38. The minimum atomic E-state index is 0.318. The predicted molar refractivity (Wildman–Crippen MR) is 82.7 cm³/mol. The van der Waals surface area contributed by atoms with E-state index in [1.807, 2.05) is 19.1 Å². The van der Waals surface area contributed by atoms with Crippen LogP contribution in [0.1, 0.15) is 12.7 Å². The van der Waals surface area contributed by atoms with E-state index in [2.05, 4.69) is 9.97 Å². The molecule has 20 heavy (non-hydrogen) atoms. The molecule has 1 heterocycles. The first-order valence-electron chi connectivity index (χ1n) is 6.17. The quantitative estimate of drug-likeness (QED) is 0.589. The Hall–Kier alpha value is -0.870. The van der Waals surface area contributed by atoms with Gasteiger partial charge < -0.3 is 4.74 Å². The van der Waals surface area contributed by atoms with E-state index in [0.717, 1.165) is 5.56 Å². The molecule has 2 rings (SSSR count). The fourth-order valence-electron chi connectivity index (χ4n) is 1.75. The summed E-state index contributed by atoms with van der Waals surface area (Å²) in [5, 5.41) is 1.24. The highest BCUT2D eigenvalue weighted by Crippen LogP contribution is 2.33. The average Bonchev–Trinajstić information content (AvgIpc) is 2.38. The third-order valence-electron chi connectivity index (χ3n) is 2.65. The molecule has 0 aliphatic rings. The minimum Gasteiger partial charge on any atom is -0.381 e. The summed E-state index contributed by atoms with van der Waals surface area (Å²) in [5.41, 5.74) is 1.39. The van der Waals surface area contributed by atoms with E-state index in [1.54, 1.807) is 12.1 Å². The standard InChI is InChI=1S/C14H13Cl3N2O/c1-2-20-7-6-11-18-13(16)12(14(17)19-11)9-4-3-5-10(15)8-9/h3-5,8H,2,6-7H2,1H3. The van der Waals surface area contributed by atoms with Crippen molar-refractivity contribution in [3.8, 4) is 11.1 Å².